The molecule has 0 heterocycles. The standard InChI is InChI=1S/C62H123N3O4/c1-7-13-19-24-28-42-54-64(55-43-29-25-20-14-8-2)60(66)48-36-32-39-51-63(53-41-34-38-50-62(68)69-58-59(46-18-12-6)47-35-23-17-11-5)52-40-33-37-49-61(67)65(56-44-30-26-21-15-9-3)57-45-31-27-22-16-10-4/h59H,7-58H2,1-6H3. The predicted molar refractivity (Wildman–Crippen MR) is 301 cm³/mol. The number of hydrogen-bond donors (Lipinski definition) is 0. The monoisotopic (exact) mass is 974 g/mol. The Morgan fingerprint density at radius 2 is 0.580 bits per heavy atom. The number of carbonyl (C=O) groups is 3. The summed E-state index contributed by atoms with van der Waals surface area (Å²) in [4.78, 5) is 47.0. The summed E-state index contributed by atoms with van der Waals surface area (Å²) >= 11 is 0. The van der Waals surface area contributed by atoms with Gasteiger partial charge in [-0.3, -0.25) is 14.4 Å². The van der Waals surface area contributed by atoms with E-state index in [1.54, 1.807) is 0 Å². The molecule has 0 aromatic rings. The fraction of sp³-hybridized carbons (Fsp3) is 0.952. The highest BCUT2D eigenvalue weighted by Crippen LogP contribution is 2.19. The second-order valence-corrected chi connectivity index (χ2v) is 21.6. The quantitative estimate of drug-likeness (QED) is 0.0449. The average Bonchev–Trinajstić information content (AvgIpc) is 3.35. The molecule has 7 heteroatoms. The maximum absolute atomic E-state index is 13.6. The highest BCUT2D eigenvalue weighted by Gasteiger charge is 2.16. The van der Waals surface area contributed by atoms with Crippen LogP contribution in [0, 0.1) is 5.92 Å². The topological polar surface area (TPSA) is 70.2 Å². The maximum atomic E-state index is 13.6. The van der Waals surface area contributed by atoms with E-state index < -0.39 is 0 Å². The molecule has 0 bridgehead atoms. The van der Waals surface area contributed by atoms with Gasteiger partial charge in [-0.2, -0.15) is 0 Å². The molecule has 0 radical (unpaired) electrons. The summed E-state index contributed by atoms with van der Waals surface area (Å²) in [5.74, 6) is 1.26. The van der Waals surface area contributed by atoms with Crippen molar-refractivity contribution >= 4 is 17.8 Å². The van der Waals surface area contributed by atoms with Crippen molar-refractivity contribution < 1.29 is 19.1 Å². The molecular formula is C62H123N3O4. The largest absolute Gasteiger partial charge is 0.465 e. The Labute approximate surface area is 432 Å². The van der Waals surface area contributed by atoms with Gasteiger partial charge in [-0.1, -0.05) is 228 Å². The van der Waals surface area contributed by atoms with Gasteiger partial charge >= 0.3 is 5.97 Å². The van der Waals surface area contributed by atoms with Gasteiger partial charge in [0.2, 0.25) is 11.8 Å². The number of ether oxygens (including phenoxy) is 1. The SMILES string of the molecule is CCCCCCCCN(CCCCCCCC)C(=O)CCCCCN(CCCCCC(=O)OCC(CCCC)CCCCCC)CCCCCC(=O)N(CCCCCCCC)CCCCCCCC. The van der Waals surface area contributed by atoms with Crippen molar-refractivity contribution in [2.24, 2.45) is 5.92 Å². The lowest BCUT2D eigenvalue weighted by Gasteiger charge is -2.24. The van der Waals surface area contributed by atoms with E-state index in [9.17, 15) is 14.4 Å². The van der Waals surface area contributed by atoms with Crippen LogP contribution in [0.15, 0.2) is 0 Å². The molecule has 0 spiro atoms. The lowest BCUT2D eigenvalue weighted by atomic mass is 9.96. The van der Waals surface area contributed by atoms with Gasteiger partial charge in [0.25, 0.3) is 0 Å². The molecule has 1 atom stereocenters. The third kappa shape index (κ3) is 45.9. The Balaban J connectivity index is 5.22. The van der Waals surface area contributed by atoms with Crippen LogP contribution in [0.25, 0.3) is 0 Å². The van der Waals surface area contributed by atoms with Crippen LogP contribution in [0.3, 0.4) is 0 Å². The van der Waals surface area contributed by atoms with Gasteiger partial charge in [-0.05, 0) is 103 Å². The predicted octanol–water partition coefficient (Wildman–Crippen LogP) is 18.4. The Hall–Kier alpha value is -1.63. The van der Waals surface area contributed by atoms with Crippen molar-refractivity contribution in [2.45, 2.75) is 324 Å². The van der Waals surface area contributed by atoms with Crippen LogP contribution in [-0.2, 0) is 19.1 Å². The van der Waals surface area contributed by atoms with Gasteiger partial charge in [-0.25, -0.2) is 0 Å². The second kappa shape index (κ2) is 54.2. The van der Waals surface area contributed by atoms with Crippen LogP contribution < -0.4 is 0 Å². The number of hydrogen-bond acceptors (Lipinski definition) is 5. The first-order valence-corrected chi connectivity index (χ1v) is 31.3. The van der Waals surface area contributed by atoms with Crippen molar-refractivity contribution in [1.29, 1.82) is 0 Å². The zero-order chi connectivity index (χ0) is 50.5. The molecule has 2 amide bonds. The van der Waals surface area contributed by atoms with Crippen molar-refractivity contribution in [1.82, 2.24) is 14.7 Å². The minimum atomic E-state index is -0.0129. The number of esters is 1. The van der Waals surface area contributed by atoms with Crippen LogP contribution in [0.2, 0.25) is 0 Å². The molecule has 0 aromatic carbocycles. The van der Waals surface area contributed by atoms with E-state index in [-0.39, 0.29) is 5.97 Å². The van der Waals surface area contributed by atoms with Crippen LogP contribution in [0.4, 0.5) is 0 Å². The lowest BCUT2D eigenvalue weighted by Crippen LogP contribution is -2.33. The molecule has 0 saturated heterocycles. The Kier molecular flexibility index (Phi) is 52.9. The third-order valence-corrected chi connectivity index (χ3v) is 14.8. The van der Waals surface area contributed by atoms with E-state index >= 15 is 0 Å². The first-order valence-electron chi connectivity index (χ1n) is 31.3. The third-order valence-electron chi connectivity index (χ3n) is 14.8. The minimum absolute atomic E-state index is 0.0129. The van der Waals surface area contributed by atoms with Crippen molar-refractivity contribution in [2.75, 3.05) is 52.4 Å². The molecule has 0 aliphatic rings. The first kappa shape index (κ1) is 67.4. The number of carbonyl (C=O) groups excluding carboxylic acids is 3. The van der Waals surface area contributed by atoms with Gasteiger partial charge in [0, 0.05) is 45.4 Å². The molecule has 69 heavy (non-hydrogen) atoms. The van der Waals surface area contributed by atoms with Crippen LogP contribution in [0.5, 0.6) is 0 Å². The number of nitrogens with zero attached hydrogens (tertiary/aromatic N) is 3. The summed E-state index contributed by atoms with van der Waals surface area (Å²) in [6.07, 6.45) is 51.6. The fourth-order valence-corrected chi connectivity index (χ4v) is 10.0. The van der Waals surface area contributed by atoms with Crippen molar-refractivity contribution in [3.8, 4) is 0 Å². The van der Waals surface area contributed by atoms with E-state index in [4.69, 9.17) is 4.74 Å². The molecule has 0 rings (SSSR count). The summed E-state index contributed by atoms with van der Waals surface area (Å²) in [6.45, 7) is 21.1. The van der Waals surface area contributed by atoms with Gasteiger partial charge in [0.15, 0.2) is 0 Å². The molecule has 0 fully saturated rings. The minimum Gasteiger partial charge on any atom is -0.465 e. The zero-order valence-electron chi connectivity index (χ0n) is 47.8. The smallest absolute Gasteiger partial charge is 0.305 e. The molecule has 0 aliphatic carbocycles. The van der Waals surface area contributed by atoms with Gasteiger partial charge in [-0.15, -0.1) is 0 Å². The van der Waals surface area contributed by atoms with Crippen molar-refractivity contribution in [3.63, 3.8) is 0 Å². The van der Waals surface area contributed by atoms with Gasteiger partial charge in [0.1, 0.15) is 0 Å². The molecule has 7 nitrogen and oxygen atoms in total. The molecular weight excluding hydrogens is 851 g/mol. The summed E-state index contributed by atoms with van der Waals surface area (Å²) in [7, 11) is 0. The summed E-state index contributed by atoms with van der Waals surface area (Å²) in [5, 5.41) is 0. The Morgan fingerprint density at radius 1 is 0.304 bits per heavy atom. The number of unbranched alkanes of at least 4 members (excludes halogenated alkanes) is 30. The van der Waals surface area contributed by atoms with Gasteiger partial charge < -0.3 is 19.4 Å². The van der Waals surface area contributed by atoms with E-state index in [1.807, 2.05) is 0 Å². The molecule has 0 N–H and O–H groups in total. The van der Waals surface area contributed by atoms with E-state index in [1.165, 1.54) is 180 Å². The molecule has 0 aliphatic heterocycles. The van der Waals surface area contributed by atoms with Crippen LogP contribution in [-0.4, -0.2) is 84.9 Å². The normalized spacial score (nSPS) is 12.0. The van der Waals surface area contributed by atoms with Gasteiger partial charge in [0.05, 0.1) is 6.61 Å². The Morgan fingerprint density at radius 3 is 0.942 bits per heavy atom. The maximum Gasteiger partial charge on any atom is 0.305 e. The zero-order valence-corrected chi connectivity index (χ0v) is 47.8. The van der Waals surface area contributed by atoms with Crippen LogP contribution in [0.1, 0.15) is 324 Å². The van der Waals surface area contributed by atoms with E-state index in [2.05, 4.69) is 56.2 Å². The molecule has 410 valence electrons. The summed E-state index contributed by atoms with van der Waals surface area (Å²) in [5.41, 5.74) is 0. The van der Waals surface area contributed by atoms with Crippen molar-refractivity contribution in [3.05, 3.63) is 0 Å². The average molecular weight is 975 g/mol. The summed E-state index contributed by atoms with van der Waals surface area (Å²) in [6, 6.07) is 0. The number of amides is 2. The lowest BCUT2D eigenvalue weighted by molar-refractivity contribution is -0.145. The number of rotatable bonds is 56. The second-order valence-electron chi connectivity index (χ2n) is 21.6. The van der Waals surface area contributed by atoms with E-state index in [0.29, 0.717) is 43.6 Å². The molecule has 1 unspecified atom stereocenters. The Bertz CT molecular complexity index is 996. The summed E-state index contributed by atoms with van der Waals surface area (Å²) < 4.78 is 5.85. The van der Waals surface area contributed by atoms with Crippen LogP contribution >= 0.6 is 0 Å². The molecule has 0 aromatic heterocycles. The molecule has 0 saturated carbocycles. The first-order chi connectivity index (χ1) is 33.9. The highest BCUT2D eigenvalue weighted by atomic mass is 16.5. The fourth-order valence-electron chi connectivity index (χ4n) is 10.0. The highest BCUT2D eigenvalue weighted by molar-refractivity contribution is 5.76. The van der Waals surface area contributed by atoms with E-state index in [0.717, 1.165) is 129 Å².